The van der Waals surface area contributed by atoms with Gasteiger partial charge in [-0.3, -0.25) is 9.59 Å². The molecule has 3 rings (SSSR count). The van der Waals surface area contributed by atoms with Gasteiger partial charge in [-0.25, -0.2) is 4.39 Å². The second-order valence-corrected chi connectivity index (χ2v) is 6.53. The first-order valence-corrected chi connectivity index (χ1v) is 9.19. The van der Waals surface area contributed by atoms with Crippen LogP contribution in [-0.2, 0) is 11.2 Å². The average Bonchev–Trinajstić information content (AvgIpc) is 3.23. The number of carbonyl (C=O) groups excluding carboxylic acids is 2. The Bertz CT molecular complexity index is 738. The summed E-state index contributed by atoms with van der Waals surface area (Å²) in [4.78, 5) is 28.0. The van der Waals surface area contributed by atoms with Crippen LogP contribution in [0.15, 0.2) is 47.1 Å². The number of nitrogens with one attached hydrogen (secondary N) is 1. The molecule has 0 radical (unpaired) electrons. The average molecular weight is 373 g/mol. The molecular weight excluding hydrogens is 349 g/mol. The molecule has 1 aliphatic heterocycles. The van der Waals surface area contributed by atoms with E-state index in [0.717, 1.165) is 18.5 Å². The Hall–Kier alpha value is -2.67. The second kappa shape index (κ2) is 9.32. The third-order valence-corrected chi connectivity index (χ3v) is 4.67. The predicted octanol–water partition coefficient (Wildman–Crippen LogP) is 1.93. The predicted molar refractivity (Wildman–Crippen MR) is 98.8 cm³/mol. The van der Waals surface area contributed by atoms with E-state index in [1.165, 1.54) is 18.4 Å². The topological polar surface area (TPSA) is 65.8 Å². The van der Waals surface area contributed by atoms with Crippen molar-refractivity contribution in [1.82, 2.24) is 15.1 Å². The van der Waals surface area contributed by atoms with Gasteiger partial charge in [-0.1, -0.05) is 12.1 Å². The molecule has 27 heavy (non-hydrogen) atoms. The van der Waals surface area contributed by atoms with Crippen LogP contribution in [0.2, 0.25) is 0 Å². The molecule has 1 fully saturated rings. The number of hydrogen-bond acceptors (Lipinski definition) is 4. The van der Waals surface area contributed by atoms with Crippen molar-refractivity contribution in [3.63, 3.8) is 0 Å². The van der Waals surface area contributed by atoms with Gasteiger partial charge in [0.1, 0.15) is 5.82 Å². The minimum Gasteiger partial charge on any atom is -0.459 e. The molecule has 2 aromatic rings. The maximum Gasteiger partial charge on any atom is 0.289 e. The molecule has 1 saturated heterocycles. The van der Waals surface area contributed by atoms with Gasteiger partial charge in [0.25, 0.3) is 5.91 Å². The zero-order chi connectivity index (χ0) is 19.1. The molecule has 7 heteroatoms. The fourth-order valence-corrected chi connectivity index (χ4v) is 3.08. The number of nitrogens with zero attached hydrogens (tertiary/aromatic N) is 2. The standard InChI is InChI=1S/C20H24FN3O3/c21-17-5-3-16(4-6-17)7-9-22-10-8-19(25)23-11-13-24(14-12-23)20(26)18-2-1-15-27-18/h1-6,15,22H,7-14H2. The zero-order valence-corrected chi connectivity index (χ0v) is 15.2. The fraction of sp³-hybridized carbons (Fsp3) is 0.400. The fourth-order valence-electron chi connectivity index (χ4n) is 3.08. The van der Waals surface area contributed by atoms with Crippen LogP contribution in [0.5, 0.6) is 0 Å². The first-order valence-electron chi connectivity index (χ1n) is 9.19. The van der Waals surface area contributed by atoms with Crippen molar-refractivity contribution in [3.05, 3.63) is 59.8 Å². The van der Waals surface area contributed by atoms with Crippen molar-refractivity contribution in [2.45, 2.75) is 12.8 Å². The van der Waals surface area contributed by atoms with E-state index < -0.39 is 0 Å². The van der Waals surface area contributed by atoms with E-state index in [9.17, 15) is 14.0 Å². The molecule has 0 aliphatic carbocycles. The van der Waals surface area contributed by atoms with Gasteiger partial charge in [0.15, 0.2) is 5.76 Å². The number of benzene rings is 1. The molecule has 1 aromatic carbocycles. The number of piperazine rings is 1. The summed E-state index contributed by atoms with van der Waals surface area (Å²) >= 11 is 0. The van der Waals surface area contributed by atoms with Crippen LogP contribution in [0, 0.1) is 5.82 Å². The smallest absolute Gasteiger partial charge is 0.289 e. The molecule has 0 unspecified atom stereocenters. The first kappa shape index (κ1) is 19.1. The van der Waals surface area contributed by atoms with Crippen LogP contribution in [0.3, 0.4) is 0 Å². The van der Waals surface area contributed by atoms with Crippen molar-refractivity contribution < 1.29 is 18.4 Å². The summed E-state index contributed by atoms with van der Waals surface area (Å²) in [5, 5.41) is 3.25. The van der Waals surface area contributed by atoms with Crippen molar-refractivity contribution in [2.75, 3.05) is 39.3 Å². The van der Waals surface area contributed by atoms with Crippen molar-refractivity contribution in [2.24, 2.45) is 0 Å². The molecule has 6 nitrogen and oxygen atoms in total. The van der Waals surface area contributed by atoms with Crippen LogP contribution in [0.4, 0.5) is 4.39 Å². The van der Waals surface area contributed by atoms with E-state index in [0.29, 0.717) is 44.9 Å². The highest BCUT2D eigenvalue weighted by Crippen LogP contribution is 2.10. The van der Waals surface area contributed by atoms with Crippen molar-refractivity contribution >= 4 is 11.8 Å². The van der Waals surface area contributed by atoms with Gasteiger partial charge >= 0.3 is 0 Å². The van der Waals surface area contributed by atoms with Gasteiger partial charge in [-0.05, 0) is 42.8 Å². The summed E-state index contributed by atoms with van der Waals surface area (Å²) in [6, 6.07) is 9.79. The van der Waals surface area contributed by atoms with E-state index in [2.05, 4.69) is 5.32 Å². The molecule has 1 aromatic heterocycles. The van der Waals surface area contributed by atoms with E-state index in [-0.39, 0.29) is 17.6 Å². The molecule has 0 bridgehead atoms. The number of amides is 2. The second-order valence-electron chi connectivity index (χ2n) is 6.53. The molecular formula is C20H24FN3O3. The molecule has 2 amide bonds. The van der Waals surface area contributed by atoms with E-state index in [1.54, 1.807) is 34.1 Å². The van der Waals surface area contributed by atoms with Crippen molar-refractivity contribution in [1.29, 1.82) is 0 Å². The molecule has 0 spiro atoms. The largest absolute Gasteiger partial charge is 0.459 e. The van der Waals surface area contributed by atoms with E-state index in [4.69, 9.17) is 4.42 Å². The molecule has 0 atom stereocenters. The summed E-state index contributed by atoms with van der Waals surface area (Å²) in [6.07, 6.45) is 2.70. The Labute approximate surface area is 157 Å². The maximum absolute atomic E-state index is 12.9. The third-order valence-electron chi connectivity index (χ3n) is 4.67. The summed E-state index contributed by atoms with van der Waals surface area (Å²) < 4.78 is 18.0. The van der Waals surface area contributed by atoms with Crippen molar-refractivity contribution in [3.8, 4) is 0 Å². The number of rotatable bonds is 7. The van der Waals surface area contributed by atoms with Crippen LogP contribution < -0.4 is 5.32 Å². The molecule has 144 valence electrons. The lowest BCUT2D eigenvalue weighted by molar-refractivity contribution is -0.132. The van der Waals surface area contributed by atoms with Gasteiger partial charge in [-0.2, -0.15) is 0 Å². The number of carbonyl (C=O) groups is 2. The molecule has 1 aliphatic rings. The van der Waals surface area contributed by atoms with Crippen LogP contribution in [0.25, 0.3) is 0 Å². The SMILES string of the molecule is O=C(CCNCCc1ccc(F)cc1)N1CCN(C(=O)c2ccco2)CC1. The Morgan fingerprint density at radius 3 is 2.37 bits per heavy atom. The van der Waals surface area contributed by atoms with Gasteiger partial charge in [0, 0.05) is 39.1 Å². The lowest BCUT2D eigenvalue weighted by Crippen LogP contribution is -2.50. The first-order chi connectivity index (χ1) is 13.1. The number of furan rings is 1. The summed E-state index contributed by atoms with van der Waals surface area (Å²) in [7, 11) is 0. The molecule has 1 N–H and O–H groups in total. The minimum atomic E-state index is -0.233. The van der Waals surface area contributed by atoms with Gasteiger partial charge < -0.3 is 19.5 Å². The Morgan fingerprint density at radius 2 is 1.70 bits per heavy atom. The monoisotopic (exact) mass is 373 g/mol. The highest BCUT2D eigenvalue weighted by Gasteiger charge is 2.25. The third kappa shape index (κ3) is 5.40. The number of hydrogen-bond donors (Lipinski definition) is 1. The van der Waals surface area contributed by atoms with E-state index >= 15 is 0 Å². The summed E-state index contributed by atoms with van der Waals surface area (Å²) in [5.41, 5.74) is 1.06. The number of halogens is 1. The Kier molecular flexibility index (Phi) is 6.59. The molecule has 0 saturated carbocycles. The van der Waals surface area contributed by atoms with Gasteiger partial charge in [0.2, 0.25) is 5.91 Å². The lowest BCUT2D eigenvalue weighted by Gasteiger charge is -2.34. The summed E-state index contributed by atoms with van der Waals surface area (Å²) in [5.74, 6) is 0.0623. The highest BCUT2D eigenvalue weighted by atomic mass is 19.1. The lowest BCUT2D eigenvalue weighted by atomic mass is 10.1. The zero-order valence-electron chi connectivity index (χ0n) is 15.2. The van der Waals surface area contributed by atoms with E-state index in [1.807, 2.05) is 0 Å². The quantitative estimate of drug-likeness (QED) is 0.753. The maximum atomic E-state index is 12.9. The highest BCUT2D eigenvalue weighted by molar-refractivity contribution is 5.91. The normalized spacial score (nSPS) is 14.4. The van der Waals surface area contributed by atoms with Gasteiger partial charge in [-0.15, -0.1) is 0 Å². The van der Waals surface area contributed by atoms with Crippen LogP contribution in [-0.4, -0.2) is 60.9 Å². The van der Waals surface area contributed by atoms with Crippen LogP contribution >= 0.6 is 0 Å². The Morgan fingerprint density at radius 1 is 1.00 bits per heavy atom. The Balaban J connectivity index is 1.31. The minimum absolute atomic E-state index is 0.0920. The van der Waals surface area contributed by atoms with Gasteiger partial charge in [0.05, 0.1) is 6.26 Å². The summed E-state index contributed by atoms with van der Waals surface area (Å²) in [6.45, 7) is 3.46. The molecule has 2 heterocycles. The van der Waals surface area contributed by atoms with Crippen LogP contribution in [0.1, 0.15) is 22.5 Å².